The second-order valence-electron chi connectivity index (χ2n) is 10.2. The van der Waals surface area contributed by atoms with Crippen LogP contribution in [0, 0.1) is 17.7 Å². The molecule has 0 bridgehead atoms. The molecule has 0 aromatic heterocycles. The van der Waals surface area contributed by atoms with Crippen molar-refractivity contribution in [3.05, 3.63) is 95.3 Å². The van der Waals surface area contributed by atoms with Crippen LogP contribution in [-0.4, -0.2) is 22.8 Å². The average Bonchev–Trinajstić information content (AvgIpc) is 2.87. The number of aryl methyl sites for hydroxylation is 1. The number of carbonyl (C=O) groups is 1. The molecule has 188 valence electrons. The van der Waals surface area contributed by atoms with Gasteiger partial charge in [0.25, 0.3) is 0 Å². The van der Waals surface area contributed by atoms with E-state index in [1.165, 1.54) is 12.1 Å². The summed E-state index contributed by atoms with van der Waals surface area (Å²) in [6.07, 6.45) is 0.823. The number of halogens is 1. The maximum absolute atomic E-state index is 13.3. The van der Waals surface area contributed by atoms with Crippen LogP contribution < -0.4 is 9.47 Å². The number of carboxylic acids is 1. The number of hydrogen-bond acceptors (Lipinski definition) is 4. The minimum atomic E-state index is -0.862. The summed E-state index contributed by atoms with van der Waals surface area (Å²) >= 11 is 0. The van der Waals surface area contributed by atoms with E-state index in [1.54, 1.807) is 12.1 Å². The van der Waals surface area contributed by atoms with Gasteiger partial charge in [-0.25, -0.2) is 4.39 Å². The van der Waals surface area contributed by atoms with Gasteiger partial charge in [-0.2, -0.15) is 0 Å². The van der Waals surface area contributed by atoms with Crippen LogP contribution in [0.25, 0.3) is 0 Å². The van der Waals surface area contributed by atoms with E-state index >= 15 is 0 Å². The first kappa shape index (κ1) is 24.3. The number of benzene rings is 3. The zero-order valence-corrected chi connectivity index (χ0v) is 20.5. The Morgan fingerprint density at radius 2 is 1.81 bits per heavy atom. The van der Waals surface area contributed by atoms with E-state index in [9.17, 15) is 14.3 Å². The molecule has 5 nitrogen and oxygen atoms in total. The van der Waals surface area contributed by atoms with Crippen LogP contribution in [0.15, 0.2) is 72.8 Å². The van der Waals surface area contributed by atoms with Gasteiger partial charge in [-0.05, 0) is 74.6 Å². The zero-order chi connectivity index (χ0) is 25.3. The molecular weight excluding hydrogens is 459 g/mol. The van der Waals surface area contributed by atoms with Gasteiger partial charge in [-0.1, -0.05) is 42.5 Å². The van der Waals surface area contributed by atoms with Gasteiger partial charge in [0.15, 0.2) is 0 Å². The molecule has 2 heterocycles. The van der Waals surface area contributed by atoms with Crippen LogP contribution in [0.2, 0.25) is 0 Å². The second kappa shape index (κ2) is 9.94. The Kier molecular flexibility index (Phi) is 6.71. The number of carboxylic acid groups (broad SMARTS) is 1. The summed E-state index contributed by atoms with van der Waals surface area (Å²) < 4.78 is 32.3. The van der Waals surface area contributed by atoms with E-state index in [0.29, 0.717) is 31.6 Å². The summed E-state index contributed by atoms with van der Waals surface area (Å²) in [6.45, 7) is 4.44. The summed E-state index contributed by atoms with van der Waals surface area (Å²) in [5, 5.41) is 10.0. The van der Waals surface area contributed by atoms with Crippen molar-refractivity contribution in [2.75, 3.05) is 0 Å². The highest BCUT2D eigenvalue weighted by Gasteiger charge is 2.52. The van der Waals surface area contributed by atoms with Crippen molar-refractivity contribution in [3.63, 3.8) is 0 Å². The van der Waals surface area contributed by atoms with E-state index in [1.807, 2.05) is 62.4 Å². The molecule has 1 fully saturated rings. The van der Waals surface area contributed by atoms with Crippen molar-refractivity contribution in [1.82, 2.24) is 0 Å². The van der Waals surface area contributed by atoms with E-state index < -0.39 is 23.6 Å². The molecule has 0 unspecified atom stereocenters. The van der Waals surface area contributed by atoms with Crippen LogP contribution in [0.3, 0.4) is 0 Å². The molecule has 0 spiro atoms. The standard InChI is InChI=1S/C30H31FO5/c1-30(2)25-17-24(29(32)33)26(14-10-19-8-11-21(31)12-9-19)35-28(25)23-16-22(13-15-27(23)36-30)34-18-20-6-4-3-5-7-20/h3-9,11-13,15-16,24-26,28H,10,14,17-18H2,1-2H3,(H,32,33)/t24-,25-,26-,28+/m0/s1. The van der Waals surface area contributed by atoms with Crippen LogP contribution in [0.1, 0.15) is 49.5 Å². The number of ether oxygens (including phenoxy) is 3. The molecule has 2 aliphatic rings. The molecule has 0 radical (unpaired) electrons. The third-order valence-electron chi connectivity index (χ3n) is 7.39. The number of fused-ring (bicyclic) bond motifs is 3. The zero-order valence-electron chi connectivity index (χ0n) is 20.5. The molecule has 3 aromatic carbocycles. The number of hydrogen-bond donors (Lipinski definition) is 1. The summed E-state index contributed by atoms with van der Waals surface area (Å²) in [7, 11) is 0. The van der Waals surface area contributed by atoms with Crippen LogP contribution in [0.5, 0.6) is 11.5 Å². The highest BCUT2D eigenvalue weighted by molar-refractivity contribution is 5.71. The van der Waals surface area contributed by atoms with Crippen molar-refractivity contribution in [2.24, 2.45) is 11.8 Å². The molecule has 1 N–H and O–H groups in total. The van der Waals surface area contributed by atoms with E-state index in [4.69, 9.17) is 14.2 Å². The van der Waals surface area contributed by atoms with Gasteiger partial charge in [0.1, 0.15) is 29.5 Å². The van der Waals surface area contributed by atoms with Gasteiger partial charge in [0.2, 0.25) is 0 Å². The quantitative estimate of drug-likeness (QED) is 0.418. The lowest BCUT2D eigenvalue weighted by atomic mass is 9.71. The molecular formula is C30H31FO5. The summed E-state index contributed by atoms with van der Waals surface area (Å²) in [5.41, 5.74) is 2.33. The van der Waals surface area contributed by atoms with Gasteiger partial charge in [0.05, 0.1) is 18.1 Å². The Hall–Kier alpha value is -3.38. The average molecular weight is 491 g/mol. The van der Waals surface area contributed by atoms with Crippen molar-refractivity contribution in [1.29, 1.82) is 0 Å². The third kappa shape index (κ3) is 5.09. The molecule has 5 rings (SSSR count). The third-order valence-corrected chi connectivity index (χ3v) is 7.39. The Morgan fingerprint density at radius 3 is 2.53 bits per heavy atom. The topological polar surface area (TPSA) is 65.0 Å². The predicted octanol–water partition coefficient (Wildman–Crippen LogP) is 6.36. The molecule has 2 aliphatic heterocycles. The van der Waals surface area contributed by atoms with Crippen LogP contribution >= 0.6 is 0 Å². The number of rotatable bonds is 7. The summed E-state index contributed by atoms with van der Waals surface area (Å²) in [6, 6.07) is 22.1. The molecule has 6 heteroatoms. The SMILES string of the molecule is CC1(C)Oc2ccc(OCc3ccccc3)cc2[C@H]2O[C@@H](CCc3ccc(F)cc3)[C@@H](C(=O)O)C[C@@H]21. The van der Waals surface area contributed by atoms with Crippen LogP contribution in [-0.2, 0) is 22.6 Å². The summed E-state index contributed by atoms with van der Waals surface area (Å²) in [4.78, 5) is 12.2. The minimum Gasteiger partial charge on any atom is -0.489 e. The molecule has 4 atom stereocenters. The first-order valence-corrected chi connectivity index (χ1v) is 12.4. The van der Waals surface area contributed by atoms with Gasteiger partial charge in [-0.3, -0.25) is 4.79 Å². The summed E-state index contributed by atoms with van der Waals surface area (Å²) in [5.74, 6) is -0.471. The van der Waals surface area contributed by atoms with Gasteiger partial charge < -0.3 is 19.3 Å². The van der Waals surface area contributed by atoms with Gasteiger partial charge in [0, 0.05) is 11.5 Å². The van der Waals surface area contributed by atoms with Crippen molar-refractivity contribution >= 4 is 5.97 Å². The Labute approximate surface area is 210 Å². The minimum absolute atomic E-state index is 0.127. The Morgan fingerprint density at radius 1 is 1.06 bits per heavy atom. The van der Waals surface area contributed by atoms with Gasteiger partial charge in [-0.15, -0.1) is 0 Å². The molecule has 1 saturated heterocycles. The largest absolute Gasteiger partial charge is 0.489 e. The predicted molar refractivity (Wildman–Crippen MR) is 133 cm³/mol. The van der Waals surface area contributed by atoms with Gasteiger partial charge >= 0.3 is 5.97 Å². The smallest absolute Gasteiger partial charge is 0.309 e. The lowest BCUT2D eigenvalue weighted by Gasteiger charge is -2.50. The fraction of sp³-hybridized carbons (Fsp3) is 0.367. The van der Waals surface area contributed by atoms with E-state index in [-0.39, 0.29) is 17.8 Å². The monoisotopic (exact) mass is 490 g/mol. The maximum Gasteiger partial charge on any atom is 0.309 e. The fourth-order valence-electron chi connectivity index (χ4n) is 5.39. The molecule has 0 saturated carbocycles. The molecule has 3 aromatic rings. The van der Waals surface area contributed by atoms with Crippen molar-refractivity contribution in [2.45, 2.75) is 57.5 Å². The first-order valence-electron chi connectivity index (χ1n) is 12.4. The van der Waals surface area contributed by atoms with E-state index in [2.05, 4.69) is 0 Å². The lowest BCUT2D eigenvalue weighted by molar-refractivity contribution is -0.188. The Bertz CT molecular complexity index is 1210. The second-order valence-corrected chi connectivity index (χ2v) is 10.2. The molecule has 0 aliphatic carbocycles. The molecule has 36 heavy (non-hydrogen) atoms. The Balaban J connectivity index is 1.39. The van der Waals surface area contributed by atoms with Crippen molar-refractivity contribution in [3.8, 4) is 11.5 Å². The van der Waals surface area contributed by atoms with Crippen LogP contribution in [0.4, 0.5) is 4.39 Å². The van der Waals surface area contributed by atoms with Crippen molar-refractivity contribution < 1.29 is 28.5 Å². The highest BCUT2D eigenvalue weighted by Crippen LogP contribution is 2.53. The maximum atomic E-state index is 13.3. The molecule has 0 amide bonds. The highest BCUT2D eigenvalue weighted by atomic mass is 19.1. The normalized spacial score (nSPS) is 24.2. The number of aliphatic carboxylic acids is 1. The van der Waals surface area contributed by atoms with E-state index in [0.717, 1.165) is 22.4 Å². The first-order chi connectivity index (χ1) is 17.3. The lowest BCUT2D eigenvalue weighted by Crippen LogP contribution is -2.52. The fourth-order valence-corrected chi connectivity index (χ4v) is 5.39.